The highest BCUT2D eigenvalue weighted by Gasteiger charge is 2.46. The zero-order valence-corrected chi connectivity index (χ0v) is 22.8. The van der Waals surface area contributed by atoms with Gasteiger partial charge < -0.3 is 24.4 Å². The van der Waals surface area contributed by atoms with Crippen molar-refractivity contribution in [1.29, 1.82) is 0 Å². The fraction of sp³-hybridized carbons (Fsp3) is 0.615. The fourth-order valence-corrected chi connectivity index (χ4v) is 5.17. The standard InChI is InChI=1S/C26H37Cl2N3O5/c1-26(36-3)22(32)9-11-25(35-2)31(26)14-5-4-13-29-16-17-30(15-12-24(29)34)23(33)10-7-19-6-8-20(27)21(28)18-19/h6-8,10,18,22,25,32H,4-5,9,11-17H2,1-3H3. The minimum absolute atomic E-state index is 0.0589. The summed E-state index contributed by atoms with van der Waals surface area (Å²) in [6.45, 7) is 4.59. The molecule has 0 saturated carbocycles. The molecule has 10 heteroatoms. The van der Waals surface area contributed by atoms with Gasteiger partial charge in [0.2, 0.25) is 11.8 Å². The molecule has 2 fully saturated rings. The average molecular weight is 543 g/mol. The number of hydrogen-bond acceptors (Lipinski definition) is 6. The maximum atomic E-state index is 12.7. The van der Waals surface area contributed by atoms with Gasteiger partial charge in [0.05, 0.1) is 16.1 Å². The lowest BCUT2D eigenvalue weighted by molar-refractivity contribution is -0.260. The number of rotatable bonds is 9. The van der Waals surface area contributed by atoms with E-state index in [1.54, 1.807) is 43.4 Å². The molecular weight excluding hydrogens is 505 g/mol. The molecule has 0 aliphatic carbocycles. The molecule has 1 N–H and O–H groups in total. The normalized spacial score (nSPS) is 26.0. The number of aliphatic hydroxyl groups is 1. The second-order valence-corrected chi connectivity index (χ2v) is 10.2. The van der Waals surface area contributed by atoms with Gasteiger partial charge in [-0.15, -0.1) is 0 Å². The molecule has 8 nitrogen and oxygen atoms in total. The van der Waals surface area contributed by atoms with Crippen LogP contribution in [0.3, 0.4) is 0 Å². The highest BCUT2D eigenvalue weighted by atomic mass is 35.5. The smallest absolute Gasteiger partial charge is 0.246 e. The Balaban J connectivity index is 1.49. The number of methoxy groups -OCH3 is 2. The van der Waals surface area contributed by atoms with Crippen molar-refractivity contribution in [3.63, 3.8) is 0 Å². The third kappa shape index (κ3) is 7.00. The number of carbonyl (C=O) groups excluding carboxylic acids is 2. The van der Waals surface area contributed by atoms with Crippen LogP contribution in [0.25, 0.3) is 6.08 Å². The number of piperidine rings is 1. The second kappa shape index (κ2) is 13.2. The number of hydrogen-bond donors (Lipinski definition) is 1. The number of ether oxygens (including phenoxy) is 2. The van der Waals surface area contributed by atoms with Crippen LogP contribution in [0.1, 0.15) is 44.6 Å². The zero-order chi connectivity index (χ0) is 26.3. The van der Waals surface area contributed by atoms with Crippen LogP contribution in [-0.4, -0.2) is 96.6 Å². The molecule has 3 rings (SSSR count). The monoisotopic (exact) mass is 541 g/mol. The first-order chi connectivity index (χ1) is 17.2. The first-order valence-corrected chi connectivity index (χ1v) is 13.2. The van der Waals surface area contributed by atoms with Crippen LogP contribution in [0.5, 0.6) is 0 Å². The highest BCUT2D eigenvalue weighted by molar-refractivity contribution is 6.42. The molecule has 3 atom stereocenters. The molecular formula is C26H37Cl2N3O5. The lowest BCUT2D eigenvalue weighted by atomic mass is 9.94. The van der Waals surface area contributed by atoms with Crippen LogP contribution < -0.4 is 0 Å². The van der Waals surface area contributed by atoms with Gasteiger partial charge in [-0.05, 0) is 56.4 Å². The molecule has 1 aromatic rings. The zero-order valence-electron chi connectivity index (χ0n) is 21.3. The Morgan fingerprint density at radius 1 is 1.14 bits per heavy atom. The quantitative estimate of drug-likeness (QED) is 0.379. The van der Waals surface area contributed by atoms with Gasteiger partial charge in [0.25, 0.3) is 0 Å². The molecule has 0 radical (unpaired) electrons. The van der Waals surface area contributed by atoms with Crippen molar-refractivity contribution in [2.24, 2.45) is 0 Å². The molecule has 2 aliphatic rings. The molecule has 0 aromatic heterocycles. The Morgan fingerprint density at radius 2 is 1.89 bits per heavy atom. The minimum Gasteiger partial charge on any atom is -0.389 e. The summed E-state index contributed by atoms with van der Waals surface area (Å²) in [5.41, 5.74) is -0.0184. The summed E-state index contributed by atoms with van der Waals surface area (Å²) >= 11 is 12.0. The van der Waals surface area contributed by atoms with Crippen LogP contribution in [0, 0.1) is 0 Å². The second-order valence-electron chi connectivity index (χ2n) is 9.41. The van der Waals surface area contributed by atoms with Crippen LogP contribution in [0.15, 0.2) is 24.3 Å². The van der Waals surface area contributed by atoms with Gasteiger partial charge in [0, 0.05) is 59.4 Å². The van der Waals surface area contributed by atoms with E-state index in [4.69, 9.17) is 32.7 Å². The number of benzene rings is 1. The van der Waals surface area contributed by atoms with Gasteiger partial charge in [-0.25, -0.2) is 4.90 Å². The summed E-state index contributed by atoms with van der Waals surface area (Å²) in [4.78, 5) is 31.0. The van der Waals surface area contributed by atoms with Crippen molar-refractivity contribution in [3.8, 4) is 0 Å². The highest BCUT2D eigenvalue weighted by Crippen LogP contribution is 2.33. The van der Waals surface area contributed by atoms with E-state index in [0.717, 1.165) is 24.8 Å². The maximum absolute atomic E-state index is 12.7. The van der Waals surface area contributed by atoms with Crippen molar-refractivity contribution in [2.45, 2.75) is 57.1 Å². The third-order valence-electron chi connectivity index (χ3n) is 7.25. The molecule has 2 saturated heterocycles. The van der Waals surface area contributed by atoms with Crippen molar-refractivity contribution in [3.05, 3.63) is 39.9 Å². The Morgan fingerprint density at radius 3 is 2.58 bits per heavy atom. The summed E-state index contributed by atoms with van der Waals surface area (Å²) in [6, 6.07) is 5.19. The van der Waals surface area contributed by atoms with Gasteiger partial charge in [0.1, 0.15) is 12.0 Å². The Labute approximate surface area is 223 Å². The molecule has 2 amide bonds. The van der Waals surface area contributed by atoms with Crippen molar-refractivity contribution >= 4 is 41.1 Å². The Kier molecular flexibility index (Phi) is 10.6. The lowest BCUT2D eigenvalue weighted by Crippen LogP contribution is -2.63. The summed E-state index contributed by atoms with van der Waals surface area (Å²) in [6.07, 6.45) is 5.80. The predicted octanol–water partition coefficient (Wildman–Crippen LogP) is 3.64. The van der Waals surface area contributed by atoms with Crippen molar-refractivity contribution < 1.29 is 24.2 Å². The number of unbranched alkanes of at least 4 members (excludes halogenated alkanes) is 1. The van der Waals surface area contributed by atoms with Gasteiger partial charge in [-0.1, -0.05) is 29.3 Å². The van der Waals surface area contributed by atoms with Crippen LogP contribution in [-0.2, 0) is 19.1 Å². The number of aliphatic hydroxyl groups excluding tert-OH is 1. The van der Waals surface area contributed by atoms with E-state index in [-0.39, 0.29) is 18.0 Å². The van der Waals surface area contributed by atoms with Crippen molar-refractivity contribution in [2.75, 3.05) is 46.9 Å². The van der Waals surface area contributed by atoms with E-state index in [9.17, 15) is 14.7 Å². The van der Waals surface area contributed by atoms with E-state index >= 15 is 0 Å². The number of amides is 2. The molecule has 2 heterocycles. The van der Waals surface area contributed by atoms with Crippen molar-refractivity contribution in [1.82, 2.24) is 14.7 Å². The third-order valence-corrected chi connectivity index (χ3v) is 7.99. The molecule has 0 bridgehead atoms. The number of halogens is 2. The molecule has 0 spiro atoms. The van der Waals surface area contributed by atoms with Gasteiger partial charge in [0.15, 0.2) is 0 Å². The van der Waals surface area contributed by atoms with E-state index < -0.39 is 11.8 Å². The minimum atomic E-state index is -0.803. The summed E-state index contributed by atoms with van der Waals surface area (Å²) in [5.74, 6) is -0.0764. The molecule has 2 aliphatic heterocycles. The first-order valence-electron chi connectivity index (χ1n) is 12.4. The number of carbonyl (C=O) groups is 2. The summed E-state index contributed by atoms with van der Waals surface area (Å²) < 4.78 is 11.3. The topological polar surface area (TPSA) is 82.6 Å². The van der Waals surface area contributed by atoms with E-state index in [2.05, 4.69) is 4.90 Å². The van der Waals surface area contributed by atoms with E-state index in [1.807, 2.05) is 11.8 Å². The SMILES string of the molecule is COC1CCC(O)C(C)(OC)N1CCCCN1CCN(C(=O)C=Cc2ccc(Cl)c(Cl)c2)CCC1=O. The Hall–Kier alpha value is -1.68. The summed E-state index contributed by atoms with van der Waals surface area (Å²) in [7, 11) is 3.28. The first kappa shape index (κ1) is 28.9. The average Bonchev–Trinajstić information content (AvgIpc) is 3.06. The van der Waals surface area contributed by atoms with Crippen LogP contribution in [0.4, 0.5) is 0 Å². The Bertz CT molecular complexity index is 946. The predicted molar refractivity (Wildman–Crippen MR) is 141 cm³/mol. The van der Waals surface area contributed by atoms with Gasteiger partial charge in [-0.2, -0.15) is 0 Å². The molecule has 3 unspecified atom stereocenters. The number of likely N-dealkylation sites (tertiary alicyclic amines) is 1. The molecule has 1 aromatic carbocycles. The number of nitrogens with zero attached hydrogens (tertiary/aromatic N) is 3. The largest absolute Gasteiger partial charge is 0.389 e. The van der Waals surface area contributed by atoms with E-state index in [1.165, 1.54) is 6.08 Å². The van der Waals surface area contributed by atoms with Gasteiger partial charge >= 0.3 is 0 Å². The summed E-state index contributed by atoms with van der Waals surface area (Å²) in [5, 5.41) is 11.4. The van der Waals surface area contributed by atoms with Crippen LogP contribution in [0.2, 0.25) is 10.0 Å². The van der Waals surface area contributed by atoms with Crippen LogP contribution >= 0.6 is 23.2 Å². The maximum Gasteiger partial charge on any atom is 0.246 e. The fourth-order valence-electron chi connectivity index (χ4n) is 4.86. The van der Waals surface area contributed by atoms with Gasteiger partial charge in [-0.3, -0.25) is 9.59 Å². The molecule has 36 heavy (non-hydrogen) atoms. The van der Waals surface area contributed by atoms with E-state index in [0.29, 0.717) is 55.6 Å². The lowest BCUT2D eigenvalue weighted by Gasteiger charge is -2.50. The molecule has 200 valence electrons.